The molecular formula is C7H10N. The maximum Gasteiger partial charge on any atom is 0.188 e. The number of rotatable bonds is 2. The van der Waals surface area contributed by atoms with Crippen LogP contribution < -0.4 is 0 Å². The second-order valence-corrected chi connectivity index (χ2v) is 1.56. The van der Waals surface area contributed by atoms with E-state index in [-0.39, 0.29) is 0 Å². The monoisotopic (exact) mass is 108 g/mol. The third-order valence-corrected chi connectivity index (χ3v) is 0.763. The van der Waals surface area contributed by atoms with Crippen molar-refractivity contribution in [1.82, 2.24) is 4.90 Å². The predicted octanol–water partition coefficient (Wildman–Crippen LogP) is 1.78. The SMILES string of the molecule is [CH2]N(C(=C)[CH2+])C(=C)[CH2-]. The van der Waals surface area contributed by atoms with E-state index in [1.54, 1.807) is 0 Å². The summed E-state index contributed by atoms with van der Waals surface area (Å²) in [4.78, 5) is 1.47. The Bertz CT molecular complexity index is 99.6. The molecule has 0 spiro atoms. The number of nitrogens with zero attached hydrogens (tertiary/aromatic N) is 1. The summed E-state index contributed by atoms with van der Waals surface area (Å²) < 4.78 is 0. The number of allylic oxidation sites excluding steroid dienone is 2. The zero-order chi connectivity index (χ0) is 6.73. The normalized spacial score (nSPS) is 8.12. The molecule has 0 aliphatic rings. The second-order valence-electron chi connectivity index (χ2n) is 1.56. The first-order valence-electron chi connectivity index (χ1n) is 2.18. The van der Waals surface area contributed by atoms with E-state index >= 15 is 0 Å². The van der Waals surface area contributed by atoms with Gasteiger partial charge in [-0.25, -0.2) is 13.5 Å². The average molecular weight is 108 g/mol. The van der Waals surface area contributed by atoms with E-state index in [1.807, 2.05) is 0 Å². The molecule has 0 fully saturated rings. The zero-order valence-electron chi connectivity index (χ0n) is 4.98. The van der Waals surface area contributed by atoms with Crippen molar-refractivity contribution >= 4 is 0 Å². The first-order valence-corrected chi connectivity index (χ1v) is 2.18. The van der Waals surface area contributed by atoms with Gasteiger partial charge in [-0.15, -0.1) is 5.70 Å². The van der Waals surface area contributed by atoms with Crippen LogP contribution in [0.4, 0.5) is 0 Å². The van der Waals surface area contributed by atoms with E-state index in [4.69, 9.17) is 0 Å². The van der Waals surface area contributed by atoms with Gasteiger partial charge < -0.3 is 4.90 Å². The lowest BCUT2D eigenvalue weighted by Crippen LogP contribution is -2.08. The van der Waals surface area contributed by atoms with Gasteiger partial charge >= 0.3 is 0 Å². The lowest BCUT2D eigenvalue weighted by atomic mass is 10.4. The molecule has 1 heteroatoms. The fourth-order valence-electron chi connectivity index (χ4n) is 0.224. The minimum absolute atomic E-state index is 0.602. The molecule has 0 saturated carbocycles. The fraction of sp³-hybridized carbons (Fsp3) is 0. The molecule has 43 valence electrons. The molecule has 0 aromatic rings. The Balaban J connectivity index is 3.83. The summed E-state index contributed by atoms with van der Waals surface area (Å²) >= 11 is 0. The Hall–Kier alpha value is -0.980. The van der Waals surface area contributed by atoms with Crippen LogP contribution in [-0.2, 0) is 0 Å². The van der Waals surface area contributed by atoms with Crippen LogP contribution in [0.1, 0.15) is 0 Å². The van der Waals surface area contributed by atoms with Crippen LogP contribution in [0.5, 0.6) is 0 Å². The topological polar surface area (TPSA) is 3.24 Å². The predicted molar refractivity (Wildman–Crippen MR) is 36.2 cm³/mol. The molecule has 0 aromatic heterocycles. The summed E-state index contributed by atoms with van der Waals surface area (Å²) in [6.45, 7) is 14.1. The molecular weight excluding hydrogens is 98.1 g/mol. The highest BCUT2D eigenvalue weighted by Crippen LogP contribution is 2.03. The van der Waals surface area contributed by atoms with Crippen LogP contribution in [0.3, 0.4) is 0 Å². The Morgan fingerprint density at radius 2 is 1.88 bits per heavy atom. The molecule has 0 rings (SSSR count). The van der Waals surface area contributed by atoms with E-state index in [9.17, 15) is 0 Å². The first kappa shape index (κ1) is 7.02. The quantitative estimate of drug-likeness (QED) is 0.487. The van der Waals surface area contributed by atoms with Crippen molar-refractivity contribution < 1.29 is 0 Å². The molecule has 1 nitrogen and oxygen atoms in total. The van der Waals surface area contributed by atoms with Crippen LogP contribution in [-0.4, -0.2) is 4.90 Å². The molecule has 1 radical (unpaired) electrons. The fourth-order valence-corrected chi connectivity index (χ4v) is 0.224. The van der Waals surface area contributed by atoms with E-state index in [0.29, 0.717) is 11.4 Å². The Morgan fingerprint density at radius 3 is 1.88 bits per heavy atom. The second kappa shape index (κ2) is 2.36. The van der Waals surface area contributed by atoms with Crippen molar-refractivity contribution in [2.45, 2.75) is 0 Å². The summed E-state index contributed by atoms with van der Waals surface area (Å²) in [6, 6.07) is 0. The standard InChI is InChI=1S/C7H10N/c1-6(2)8(5)7(3)4/h1-5H2. The molecule has 8 heavy (non-hydrogen) atoms. The average Bonchev–Trinajstić information content (AvgIpc) is 1.64. The highest BCUT2D eigenvalue weighted by Gasteiger charge is 1.95. The third-order valence-electron chi connectivity index (χ3n) is 0.763. The molecule has 0 bridgehead atoms. The van der Waals surface area contributed by atoms with Crippen LogP contribution in [0.25, 0.3) is 0 Å². The Labute approximate surface area is 51.3 Å². The van der Waals surface area contributed by atoms with Gasteiger partial charge in [-0.2, -0.15) is 0 Å². The summed E-state index contributed by atoms with van der Waals surface area (Å²) in [6.07, 6.45) is 0. The maximum atomic E-state index is 3.55. The van der Waals surface area contributed by atoms with Crippen LogP contribution in [0.2, 0.25) is 0 Å². The largest absolute Gasteiger partial charge is 0.343 e. The zero-order valence-corrected chi connectivity index (χ0v) is 4.98. The van der Waals surface area contributed by atoms with Gasteiger partial charge in [-0.3, -0.25) is 0 Å². The summed E-state index contributed by atoms with van der Waals surface area (Å²) in [5.41, 5.74) is 1.20. The molecule has 0 N–H and O–H groups in total. The van der Waals surface area contributed by atoms with Crippen molar-refractivity contribution in [2.24, 2.45) is 0 Å². The lowest BCUT2D eigenvalue weighted by molar-refractivity contribution is 0.610. The molecule has 0 amide bonds. The van der Waals surface area contributed by atoms with E-state index in [0.717, 1.165) is 0 Å². The lowest BCUT2D eigenvalue weighted by Gasteiger charge is -2.17. The number of hydrogen-bond donors (Lipinski definition) is 0. The first-order chi connectivity index (χ1) is 3.55. The van der Waals surface area contributed by atoms with Crippen LogP contribution in [0, 0.1) is 20.9 Å². The molecule has 0 aromatic carbocycles. The highest BCUT2D eigenvalue weighted by atomic mass is 15.1. The minimum Gasteiger partial charge on any atom is -0.343 e. The van der Waals surface area contributed by atoms with Crippen LogP contribution in [0.15, 0.2) is 24.6 Å². The third kappa shape index (κ3) is 1.65. The summed E-state index contributed by atoms with van der Waals surface area (Å²) in [7, 11) is 3.55. The minimum atomic E-state index is 0.602. The smallest absolute Gasteiger partial charge is 0.188 e. The Morgan fingerprint density at radius 1 is 1.50 bits per heavy atom. The van der Waals surface area contributed by atoms with Crippen molar-refractivity contribution in [3.05, 3.63) is 45.4 Å². The van der Waals surface area contributed by atoms with Crippen molar-refractivity contribution in [1.29, 1.82) is 0 Å². The highest BCUT2D eigenvalue weighted by molar-refractivity contribution is 5.10. The van der Waals surface area contributed by atoms with Crippen molar-refractivity contribution in [2.75, 3.05) is 0 Å². The van der Waals surface area contributed by atoms with Gasteiger partial charge in [0.1, 0.15) is 0 Å². The van der Waals surface area contributed by atoms with Gasteiger partial charge in [0.05, 0.1) is 13.5 Å². The van der Waals surface area contributed by atoms with Crippen molar-refractivity contribution in [3.63, 3.8) is 0 Å². The van der Waals surface area contributed by atoms with Gasteiger partial charge in [0.25, 0.3) is 0 Å². The summed E-state index contributed by atoms with van der Waals surface area (Å²) in [5.74, 6) is 0. The molecule has 0 saturated heterocycles. The molecule has 0 unspecified atom stereocenters. The van der Waals surface area contributed by atoms with Gasteiger partial charge in [0.2, 0.25) is 0 Å². The summed E-state index contributed by atoms with van der Waals surface area (Å²) in [5, 5.41) is 0. The van der Waals surface area contributed by atoms with E-state index in [1.165, 1.54) is 4.90 Å². The van der Waals surface area contributed by atoms with Gasteiger partial charge in [0.15, 0.2) is 5.70 Å². The van der Waals surface area contributed by atoms with E-state index in [2.05, 4.69) is 34.1 Å². The van der Waals surface area contributed by atoms with Crippen LogP contribution >= 0.6 is 0 Å². The molecule has 0 aliphatic heterocycles. The molecule has 0 aliphatic carbocycles. The van der Waals surface area contributed by atoms with Crippen molar-refractivity contribution in [3.8, 4) is 0 Å². The maximum absolute atomic E-state index is 3.55. The number of hydrogen-bond acceptors (Lipinski definition) is 1. The Kier molecular flexibility index (Phi) is 2.07. The van der Waals surface area contributed by atoms with Gasteiger partial charge in [0, 0.05) is 7.05 Å². The molecule has 0 atom stereocenters. The van der Waals surface area contributed by atoms with Gasteiger partial charge in [-0.05, 0) is 0 Å². The molecule has 0 heterocycles. The van der Waals surface area contributed by atoms with E-state index < -0.39 is 0 Å². The van der Waals surface area contributed by atoms with Gasteiger partial charge in [-0.1, -0.05) is 0 Å².